The van der Waals surface area contributed by atoms with E-state index >= 15 is 0 Å². The molecule has 2 aromatic carbocycles. The number of thiophene rings is 1. The molecule has 0 spiro atoms. The normalized spacial score (nSPS) is 11.4. The number of nitrogens with one attached hydrogen (secondary N) is 3. The molecule has 194 valence electrons. The smallest absolute Gasteiger partial charge is 0.341 e. The van der Waals surface area contributed by atoms with Crippen LogP contribution in [0, 0.1) is 6.92 Å². The van der Waals surface area contributed by atoms with Crippen molar-refractivity contribution >= 4 is 63.2 Å². The van der Waals surface area contributed by atoms with Gasteiger partial charge in [-0.2, -0.15) is 0 Å². The molecule has 1 atom stereocenters. The molecule has 0 aliphatic rings. The van der Waals surface area contributed by atoms with Crippen LogP contribution in [0.15, 0.2) is 59.5 Å². The van der Waals surface area contributed by atoms with E-state index in [1.165, 1.54) is 18.7 Å². The maximum absolute atomic E-state index is 13.3. The average Bonchev–Trinajstić information content (AvgIpc) is 3.18. The monoisotopic (exact) mass is 539 g/mol. The standard InChI is InChI=1S/C27H29N3O5S2/c1-5-21(36-20-14-10-13-19(15-20)28-17(4)31)24(32)30-26-22(27(34)35-6-2)16(3)23(37-26)25(33)29-18-11-8-7-9-12-18/h7-15,21H,5-6H2,1-4H3,(H,28,31)(H,29,33)(H,30,32). The van der Waals surface area contributed by atoms with E-state index in [0.29, 0.717) is 28.2 Å². The first-order valence-corrected chi connectivity index (χ1v) is 13.4. The molecule has 10 heteroatoms. The van der Waals surface area contributed by atoms with E-state index in [1.54, 1.807) is 56.3 Å². The molecule has 0 saturated heterocycles. The Hall–Kier alpha value is -3.63. The van der Waals surface area contributed by atoms with Gasteiger partial charge in [0.2, 0.25) is 11.8 Å². The van der Waals surface area contributed by atoms with Crippen LogP contribution in [-0.2, 0) is 14.3 Å². The number of carbonyl (C=O) groups is 4. The van der Waals surface area contributed by atoms with Crippen LogP contribution in [0.3, 0.4) is 0 Å². The van der Waals surface area contributed by atoms with Gasteiger partial charge in [0.25, 0.3) is 5.91 Å². The van der Waals surface area contributed by atoms with Crippen LogP contribution >= 0.6 is 23.1 Å². The van der Waals surface area contributed by atoms with E-state index in [4.69, 9.17) is 4.74 Å². The molecule has 0 aliphatic carbocycles. The van der Waals surface area contributed by atoms with Gasteiger partial charge in [-0.15, -0.1) is 23.1 Å². The van der Waals surface area contributed by atoms with Crippen LogP contribution in [0.5, 0.6) is 0 Å². The Labute approximate surface area is 224 Å². The number of anilines is 3. The third-order valence-corrected chi connectivity index (χ3v) is 7.76. The number of esters is 1. The van der Waals surface area contributed by atoms with Crippen molar-refractivity contribution < 1.29 is 23.9 Å². The van der Waals surface area contributed by atoms with Gasteiger partial charge in [0, 0.05) is 23.2 Å². The zero-order valence-electron chi connectivity index (χ0n) is 21.0. The third kappa shape index (κ3) is 7.43. The molecule has 3 N–H and O–H groups in total. The van der Waals surface area contributed by atoms with Crippen LogP contribution in [0.2, 0.25) is 0 Å². The van der Waals surface area contributed by atoms with Gasteiger partial charge in [0.1, 0.15) is 5.00 Å². The number of rotatable bonds is 10. The summed E-state index contributed by atoms with van der Waals surface area (Å²) >= 11 is 2.38. The quantitative estimate of drug-likeness (QED) is 0.217. The van der Waals surface area contributed by atoms with Crippen molar-refractivity contribution in [2.75, 3.05) is 22.6 Å². The zero-order chi connectivity index (χ0) is 26.9. The Morgan fingerprint density at radius 1 is 0.946 bits per heavy atom. The molecular formula is C27H29N3O5S2. The van der Waals surface area contributed by atoms with Crippen LogP contribution in [0.1, 0.15) is 52.8 Å². The van der Waals surface area contributed by atoms with Gasteiger partial charge in [-0.25, -0.2) is 4.79 Å². The maximum Gasteiger partial charge on any atom is 0.341 e. The van der Waals surface area contributed by atoms with E-state index < -0.39 is 11.2 Å². The van der Waals surface area contributed by atoms with Crippen molar-refractivity contribution in [2.24, 2.45) is 0 Å². The molecule has 0 bridgehead atoms. The summed E-state index contributed by atoms with van der Waals surface area (Å²) in [5, 5.41) is 8.20. The molecule has 3 amide bonds. The molecular weight excluding hydrogens is 510 g/mol. The fourth-order valence-corrected chi connectivity index (χ4v) is 5.61. The number of para-hydroxylation sites is 1. The summed E-state index contributed by atoms with van der Waals surface area (Å²) < 4.78 is 5.21. The van der Waals surface area contributed by atoms with E-state index in [1.807, 2.05) is 19.1 Å². The highest BCUT2D eigenvalue weighted by atomic mass is 32.2. The van der Waals surface area contributed by atoms with Crippen molar-refractivity contribution in [2.45, 2.75) is 44.3 Å². The molecule has 3 rings (SSSR count). The zero-order valence-corrected chi connectivity index (χ0v) is 22.7. The van der Waals surface area contributed by atoms with Gasteiger partial charge in [0.05, 0.1) is 22.3 Å². The first-order valence-electron chi connectivity index (χ1n) is 11.8. The highest BCUT2D eigenvalue weighted by molar-refractivity contribution is 8.00. The van der Waals surface area contributed by atoms with Crippen LogP contribution in [0.25, 0.3) is 0 Å². The Morgan fingerprint density at radius 2 is 1.65 bits per heavy atom. The van der Waals surface area contributed by atoms with Gasteiger partial charge in [-0.3, -0.25) is 14.4 Å². The van der Waals surface area contributed by atoms with Crippen molar-refractivity contribution in [1.82, 2.24) is 0 Å². The lowest BCUT2D eigenvalue weighted by molar-refractivity contribution is -0.116. The first kappa shape index (κ1) is 27.9. The lowest BCUT2D eigenvalue weighted by Gasteiger charge is -2.15. The molecule has 1 unspecified atom stereocenters. The molecule has 1 heterocycles. The predicted molar refractivity (Wildman–Crippen MR) is 149 cm³/mol. The summed E-state index contributed by atoms with van der Waals surface area (Å²) in [6.45, 7) is 6.84. The Kier molecular flexibility index (Phi) is 9.87. The minimum Gasteiger partial charge on any atom is -0.462 e. The van der Waals surface area contributed by atoms with E-state index in [9.17, 15) is 19.2 Å². The number of carbonyl (C=O) groups excluding carboxylic acids is 4. The Morgan fingerprint density at radius 3 is 2.30 bits per heavy atom. The lowest BCUT2D eigenvalue weighted by atomic mass is 10.1. The number of ether oxygens (including phenoxy) is 1. The maximum atomic E-state index is 13.3. The van der Waals surface area contributed by atoms with E-state index in [2.05, 4.69) is 16.0 Å². The minimum absolute atomic E-state index is 0.158. The molecule has 0 fully saturated rings. The average molecular weight is 540 g/mol. The number of benzene rings is 2. The van der Waals surface area contributed by atoms with E-state index in [-0.39, 0.29) is 34.9 Å². The topological polar surface area (TPSA) is 114 Å². The largest absolute Gasteiger partial charge is 0.462 e. The highest BCUT2D eigenvalue weighted by Crippen LogP contribution is 2.36. The van der Waals surface area contributed by atoms with Crippen molar-refractivity contribution in [1.29, 1.82) is 0 Å². The lowest BCUT2D eigenvalue weighted by Crippen LogP contribution is -2.25. The minimum atomic E-state index is -0.603. The third-order valence-electron chi connectivity index (χ3n) is 5.20. The fraction of sp³-hybridized carbons (Fsp3) is 0.259. The number of amides is 3. The molecule has 37 heavy (non-hydrogen) atoms. The number of hydrogen-bond acceptors (Lipinski definition) is 7. The van der Waals surface area contributed by atoms with Gasteiger partial charge in [-0.05, 0) is 56.2 Å². The first-order chi connectivity index (χ1) is 17.7. The Balaban J connectivity index is 1.85. The second kappa shape index (κ2) is 13.1. The van der Waals surface area contributed by atoms with Crippen molar-refractivity contribution in [3.8, 4) is 0 Å². The number of hydrogen-bond donors (Lipinski definition) is 3. The van der Waals surface area contributed by atoms with Gasteiger partial charge in [0.15, 0.2) is 0 Å². The predicted octanol–water partition coefficient (Wildman–Crippen LogP) is 5.95. The van der Waals surface area contributed by atoms with Gasteiger partial charge < -0.3 is 20.7 Å². The number of thioether (sulfide) groups is 1. The van der Waals surface area contributed by atoms with Crippen molar-refractivity contribution in [3.05, 3.63) is 70.6 Å². The Bertz CT molecular complexity index is 1290. The van der Waals surface area contributed by atoms with Crippen LogP contribution < -0.4 is 16.0 Å². The summed E-state index contributed by atoms with van der Waals surface area (Å²) in [7, 11) is 0. The van der Waals surface area contributed by atoms with Gasteiger partial charge in [-0.1, -0.05) is 31.2 Å². The summed E-state index contributed by atoms with van der Waals surface area (Å²) in [4.78, 5) is 51.6. The molecule has 1 aromatic heterocycles. The molecule has 0 aliphatic heterocycles. The highest BCUT2D eigenvalue weighted by Gasteiger charge is 2.28. The summed E-state index contributed by atoms with van der Waals surface area (Å²) in [5.74, 6) is -1.47. The summed E-state index contributed by atoms with van der Waals surface area (Å²) in [5.41, 5.74) is 1.87. The molecule has 0 radical (unpaired) electrons. The SMILES string of the molecule is CCOC(=O)c1c(NC(=O)C(CC)Sc2cccc(NC(C)=O)c2)sc(C(=O)Nc2ccccc2)c1C. The molecule has 3 aromatic rings. The second-order valence-corrected chi connectivity index (χ2v) is 10.3. The van der Waals surface area contributed by atoms with Crippen LogP contribution in [0.4, 0.5) is 16.4 Å². The summed E-state index contributed by atoms with van der Waals surface area (Å²) in [6, 6.07) is 16.2. The summed E-state index contributed by atoms with van der Waals surface area (Å²) in [6.07, 6.45) is 0.515. The van der Waals surface area contributed by atoms with E-state index in [0.717, 1.165) is 16.2 Å². The van der Waals surface area contributed by atoms with Crippen molar-refractivity contribution in [3.63, 3.8) is 0 Å². The molecule has 0 saturated carbocycles. The molecule has 8 nitrogen and oxygen atoms in total. The van der Waals surface area contributed by atoms with Crippen LogP contribution in [-0.4, -0.2) is 35.5 Å². The second-order valence-electron chi connectivity index (χ2n) is 8.01. The van der Waals surface area contributed by atoms with Gasteiger partial charge >= 0.3 is 5.97 Å². The fourth-order valence-electron chi connectivity index (χ4n) is 3.51.